The van der Waals surface area contributed by atoms with E-state index in [1.165, 1.54) is 6.07 Å². The van der Waals surface area contributed by atoms with Crippen LogP contribution in [0, 0.1) is 13.8 Å². The molecule has 1 aromatic carbocycles. The number of aryl methyl sites for hydroxylation is 1. The molecule has 0 amide bonds. The summed E-state index contributed by atoms with van der Waals surface area (Å²) in [5.74, 6) is 1.25. The number of anilines is 1. The van der Waals surface area contributed by atoms with Gasteiger partial charge >= 0.3 is 7.82 Å². The van der Waals surface area contributed by atoms with Gasteiger partial charge in [0.05, 0.1) is 22.3 Å². The molecular weight excluding hydrogens is 467 g/mol. The Morgan fingerprint density at radius 3 is 2.76 bits per heavy atom. The number of nitrogens with zero attached hydrogens (tertiary/aromatic N) is 5. The number of hydrazone groups is 1. The number of imidazole rings is 1. The maximum atomic E-state index is 12.8. The number of benzene rings is 1. The quantitative estimate of drug-likeness (QED) is 0.240. The summed E-state index contributed by atoms with van der Waals surface area (Å²) < 4.78 is 31.0. The summed E-state index contributed by atoms with van der Waals surface area (Å²) in [5, 5.41) is 5.43. The van der Waals surface area contributed by atoms with Gasteiger partial charge < -0.3 is 13.6 Å². The third-order valence-electron chi connectivity index (χ3n) is 5.55. The molecule has 0 spiro atoms. The summed E-state index contributed by atoms with van der Waals surface area (Å²) >= 11 is 6.17. The van der Waals surface area contributed by atoms with Crippen LogP contribution >= 0.6 is 19.4 Å². The lowest BCUT2D eigenvalue weighted by Gasteiger charge is -2.14. The van der Waals surface area contributed by atoms with E-state index in [9.17, 15) is 4.57 Å². The highest BCUT2D eigenvalue weighted by Crippen LogP contribution is 2.65. The first-order valence-electron chi connectivity index (χ1n) is 9.95. The van der Waals surface area contributed by atoms with Crippen molar-refractivity contribution in [2.24, 2.45) is 5.10 Å². The number of hydrogen-bond donors (Lipinski definition) is 1. The highest BCUT2D eigenvalue weighted by molar-refractivity contribution is 7.50. The van der Waals surface area contributed by atoms with Gasteiger partial charge in [0.1, 0.15) is 23.6 Å². The monoisotopic (exact) mass is 482 g/mol. The molecule has 33 heavy (non-hydrogen) atoms. The predicted octanol–water partition coefficient (Wildman–Crippen LogP) is 5.19. The molecule has 0 aliphatic carbocycles. The van der Waals surface area contributed by atoms with Crippen LogP contribution in [0.2, 0.25) is 5.02 Å². The van der Waals surface area contributed by atoms with Crippen molar-refractivity contribution in [1.29, 1.82) is 0 Å². The minimum absolute atomic E-state index is 0.0612. The molecule has 6 rings (SSSR count). The average molecular weight is 483 g/mol. The Labute approximate surface area is 192 Å². The van der Waals surface area contributed by atoms with Crippen molar-refractivity contribution in [1.82, 2.24) is 19.5 Å². The Morgan fingerprint density at radius 2 is 2.03 bits per heavy atom. The largest absolute Gasteiger partial charge is 0.648 e. The maximum absolute atomic E-state index is 12.8. The zero-order valence-corrected chi connectivity index (χ0v) is 19.3. The SMILES string of the molecule is C/C(=N\Nc1c2c3nc4cc(Cl)cc(c14)OP(=O)(O3)O2)c1ccc(-n2cnc(C)c2C)nc1. The first kappa shape index (κ1) is 20.0. The Hall–Kier alpha value is -3.62. The van der Waals surface area contributed by atoms with E-state index >= 15 is 0 Å². The fourth-order valence-electron chi connectivity index (χ4n) is 3.68. The Kier molecular flexibility index (Phi) is 4.21. The molecular formula is C21H16ClN6O4P. The van der Waals surface area contributed by atoms with Crippen molar-refractivity contribution in [2.45, 2.75) is 20.8 Å². The normalized spacial score (nSPS) is 18.2. The first-order valence-corrected chi connectivity index (χ1v) is 11.8. The van der Waals surface area contributed by atoms with Crippen LogP contribution in [0.3, 0.4) is 0 Å². The van der Waals surface area contributed by atoms with Crippen molar-refractivity contribution >= 4 is 41.7 Å². The van der Waals surface area contributed by atoms with E-state index in [1.807, 2.05) is 37.5 Å². The number of phosphoric ester groups is 1. The highest BCUT2D eigenvalue weighted by atomic mass is 35.5. The predicted molar refractivity (Wildman–Crippen MR) is 123 cm³/mol. The van der Waals surface area contributed by atoms with Crippen LogP contribution < -0.4 is 19.0 Å². The number of aromatic nitrogens is 4. The minimum Gasteiger partial charge on any atom is -0.385 e. The number of fused-ring (bicyclic) bond motifs is 1. The van der Waals surface area contributed by atoms with Gasteiger partial charge in [0.25, 0.3) is 5.88 Å². The van der Waals surface area contributed by atoms with Crippen LogP contribution in [-0.4, -0.2) is 25.2 Å². The van der Waals surface area contributed by atoms with E-state index in [4.69, 9.17) is 25.2 Å². The van der Waals surface area contributed by atoms with Gasteiger partial charge in [-0.05, 0) is 39.0 Å². The molecule has 4 aromatic rings. The molecule has 0 saturated heterocycles. The maximum Gasteiger partial charge on any atom is 0.648 e. The standard InChI is InChI=1S/C21H16ClN6O4P/c1-10-12(3)28(9-24-10)17-5-4-13(8-23-17)11(2)26-27-19-18-15-6-14(22)7-16(18)30-33(29)31-20(19)21(25-15)32-33/h4-9H,1-3H3,(H,25,27)/b26-11+. The third kappa shape index (κ3) is 3.13. The second kappa shape index (κ2) is 6.94. The van der Waals surface area contributed by atoms with Crippen molar-refractivity contribution in [3.05, 3.63) is 58.8 Å². The van der Waals surface area contributed by atoms with Gasteiger partial charge in [-0.3, -0.25) is 9.99 Å². The molecule has 1 N–H and O–H groups in total. The van der Waals surface area contributed by atoms with Gasteiger partial charge in [-0.2, -0.15) is 9.67 Å². The summed E-state index contributed by atoms with van der Waals surface area (Å²) in [6.45, 7) is 5.79. The van der Waals surface area contributed by atoms with Crippen LogP contribution in [0.1, 0.15) is 23.9 Å². The molecule has 10 nitrogen and oxygen atoms in total. The number of halogens is 1. The van der Waals surface area contributed by atoms with Gasteiger partial charge in [0.15, 0.2) is 0 Å². The fourth-order valence-corrected chi connectivity index (χ4v) is 5.11. The van der Waals surface area contributed by atoms with Crippen LogP contribution in [0.4, 0.5) is 5.69 Å². The van der Waals surface area contributed by atoms with Gasteiger partial charge in [-0.15, -0.1) is 0 Å². The summed E-state index contributed by atoms with van der Waals surface area (Å²) in [6, 6.07) is 7.02. The Morgan fingerprint density at radius 1 is 1.18 bits per heavy atom. The van der Waals surface area contributed by atoms with Crippen molar-refractivity contribution in [3.63, 3.8) is 0 Å². The molecule has 0 radical (unpaired) electrons. The second-order valence-corrected chi connectivity index (χ2v) is 9.52. The topological polar surface area (TPSA) is 113 Å². The summed E-state index contributed by atoms with van der Waals surface area (Å²) in [6.07, 6.45) is 3.48. The summed E-state index contributed by atoms with van der Waals surface area (Å²) in [7, 11) is -3.86. The number of pyridine rings is 2. The van der Waals surface area contributed by atoms with Gasteiger partial charge in [-0.25, -0.2) is 15.0 Å². The molecule has 1 unspecified atom stereocenters. The van der Waals surface area contributed by atoms with E-state index in [0.717, 1.165) is 22.8 Å². The average Bonchev–Trinajstić information content (AvgIpc) is 3.25. The van der Waals surface area contributed by atoms with Crippen LogP contribution in [0.25, 0.3) is 16.7 Å². The lowest BCUT2D eigenvalue weighted by atomic mass is 10.1. The van der Waals surface area contributed by atoms with Crippen molar-refractivity contribution < 1.29 is 18.1 Å². The molecule has 5 heterocycles. The Balaban J connectivity index is 1.37. The number of phosphoric acid groups is 1. The summed E-state index contributed by atoms with van der Waals surface area (Å²) in [4.78, 5) is 13.2. The molecule has 12 heteroatoms. The molecule has 3 aromatic heterocycles. The van der Waals surface area contributed by atoms with Crippen LogP contribution in [0.5, 0.6) is 17.4 Å². The fraction of sp³-hybridized carbons (Fsp3) is 0.143. The van der Waals surface area contributed by atoms with Gasteiger partial charge in [0.2, 0.25) is 5.75 Å². The minimum atomic E-state index is -3.86. The molecule has 2 aliphatic rings. The lowest BCUT2D eigenvalue weighted by molar-refractivity contribution is 0.332. The summed E-state index contributed by atoms with van der Waals surface area (Å²) in [5.41, 5.74) is 7.41. The van der Waals surface area contributed by atoms with E-state index in [2.05, 4.69) is 25.5 Å². The molecule has 2 aliphatic heterocycles. The van der Waals surface area contributed by atoms with Crippen molar-refractivity contribution in [3.8, 4) is 23.2 Å². The van der Waals surface area contributed by atoms with E-state index in [-0.39, 0.29) is 17.4 Å². The zero-order valence-electron chi connectivity index (χ0n) is 17.7. The molecule has 0 fully saturated rings. The first-order chi connectivity index (χ1) is 15.8. The van der Waals surface area contributed by atoms with Gasteiger partial charge in [-0.1, -0.05) is 11.6 Å². The Bertz CT molecular complexity index is 1550. The molecule has 3 bridgehead atoms. The van der Waals surface area contributed by atoms with Crippen molar-refractivity contribution in [2.75, 3.05) is 5.43 Å². The van der Waals surface area contributed by atoms with E-state index in [0.29, 0.717) is 27.3 Å². The zero-order chi connectivity index (χ0) is 22.9. The number of rotatable bonds is 4. The number of nitrogens with one attached hydrogen (secondary N) is 1. The van der Waals surface area contributed by atoms with Gasteiger partial charge in [0, 0.05) is 28.5 Å². The molecule has 0 saturated carbocycles. The number of hydrogen-bond acceptors (Lipinski definition) is 9. The smallest absolute Gasteiger partial charge is 0.385 e. The van der Waals surface area contributed by atoms with E-state index in [1.54, 1.807) is 18.6 Å². The van der Waals surface area contributed by atoms with Crippen LogP contribution in [0.15, 0.2) is 41.9 Å². The molecule has 166 valence electrons. The van der Waals surface area contributed by atoms with E-state index < -0.39 is 7.82 Å². The lowest BCUT2D eigenvalue weighted by Crippen LogP contribution is -2.04. The molecule has 1 atom stereocenters. The van der Waals surface area contributed by atoms with Crippen LogP contribution in [-0.2, 0) is 4.57 Å². The highest BCUT2D eigenvalue weighted by Gasteiger charge is 2.47. The second-order valence-electron chi connectivity index (χ2n) is 7.64. The third-order valence-corrected chi connectivity index (χ3v) is 6.99.